The Morgan fingerprint density at radius 3 is 3.08 bits per heavy atom. The molecule has 0 unspecified atom stereocenters. The molecule has 0 radical (unpaired) electrons. The molecular weight excluding hydrogens is 180 g/mol. The Hall–Kier alpha value is -1.00. The first-order valence-electron chi connectivity index (χ1n) is 3.38. The van der Waals surface area contributed by atoms with Gasteiger partial charge in [-0.15, -0.1) is 0 Å². The van der Waals surface area contributed by atoms with Crippen molar-refractivity contribution in [2.24, 2.45) is 0 Å². The summed E-state index contributed by atoms with van der Waals surface area (Å²) in [5.41, 5.74) is 5.45. The standard InChI is InChI=1S/C7H9ClN2O2/c8-5-3-6(12-2-1-11)7(9)10-4-5/h3-4,11H,1-2H2,(H2,9,10). The molecule has 66 valence electrons. The smallest absolute Gasteiger partial charge is 0.166 e. The molecule has 0 aromatic carbocycles. The molecule has 0 saturated heterocycles. The van der Waals surface area contributed by atoms with Crippen LogP contribution >= 0.6 is 11.6 Å². The van der Waals surface area contributed by atoms with Gasteiger partial charge < -0.3 is 15.6 Å². The van der Waals surface area contributed by atoms with E-state index in [1.54, 1.807) is 6.07 Å². The second-order valence-electron chi connectivity index (χ2n) is 2.11. The van der Waals surface area contributed by atoms with Crippen LogP contribution in [0, 0.1) is 0 Å². The fraction of sp³-hybridized carbons (Fsp3) is 0.286. The van der Waals surface area contributed by atoms with Gasteiger partial charge in [0.1, 0.15) is 6.61 Å². The molecule has 3 N–H and O–H groups in total. The summed E-state index contributed by atoms with van der Waals surface area (Å²) >= 11 is 5.64. The van der Waals surface area contributed by atoms with Gasteiger partial charge in [0.15, 0.2) is 11.6 Å². The summed E-state index contributed by atoms with van der Waals surface area (Å²) in [6.45, 7) is 0.123. The molecule has 12 heavy (non-hydrogen) atoms. The first-order valence-corrected chi connectivity index (χ1v) is 3.76. The molecule has 0 aliphatic carbocycles. The largest absolute Gasteiger partial charge is 0.487 e. The molecule has 0 atom stereocenters. The molecule has 0 saturated carbocycles. The number of hydrogen-bond donors (Lipinski definition) is 2. The van der Waals surface area contributed by atoms with E-state index in [9.17, 15) is 0 Å². The van der Waals surface area contributed by atoms with Crippen LogP contribution in [0.15, 0.2) is 12.3 Å². The maximum absolute atomic E-state index is 8.47. The van der Waals surface area contributed by atoms with Crippen LogP contribution in [0.25, 0.3) is 0 Å². The van der Waals surface area contributed by atoms with Crippen molar-refractivity contribution < 1.29 is 9.84 Å². The van der Waals surface area contributed by atoms with Crippen molar-refractivity contribution in [3.05, 3.63) is 17.3 Å². The lowest BCUT2D eigenvalue weighted by atomic mass is 10.4. The predicted molar refractivity (Wildman–Crippen MR) is 46.2 cm³/mol. The van der Waals surface area contributed by atoms with E-state index in [0.717, 1.165) is 0 Å². The fourth-order valence-corrected chi connectivity index (χ4v) is 0.850. The minimum Gasteiger partial charge on any atom is -0.487 e. The Morgan fingerprint density at radius 2 is 2.42 bits per heavy atom. The number of aromatic nitrogens is 1. The van der Waals surface area contributed by atoms with E-state index in [1.165, 1.54) is 6.20 Å². The normalized spacial score (nSPS) is 9.83. The molecule has 0 aliphatic rings. The van der Waals surface area contributed by atoms with E-state index in [0.29, 0.717) is 10.8 Å². The lowest BCUT2D eigenvalue weighted by Crippen LogP contribution is -2.04. The summed E-state index contributed by atoms with van der Waals surface area (Å²) in [6.07, 6.45) is 1.43. The molecular formula is C7H9ClN2O2. The highest BCUT2D eigenvalue weighted by Crippen LogP contribution is 2.22. The van der Waals surface area contributed by atoms with Crippen molar-refractivity contribution >= 4 is 17.4 Å². The summed E-state index contributed by atoms with van der Waals surface area (Å²) in [5, 5.41) is 8.92. The monoisotopic (exact) mass is 188 g/mol. The van der Waals surface area contributed by atoms with Crippen LogP contribution in [0.4, 0.5) is 5.82 Å². The van der Waals surface area contributed by atoms with Gasteiger partial charge >= 0.3 is 0 Å². The van der Waals surface area contributed by atoms with E-state index in [2.05, 4.69) is 4.98 Å². The minimum atomic E-state index is -0.0635. The van der Waals surface area contributed by atoms with Gasteiger partial charge in [0.05, 0.1) is 11.6 Å². The molecule has 0 bridgehead atoms. The highest BCUT2D eigenvalue weighted by molar-refractivity contribution is 6.30. The van der Waals surface area contributed by atoms with Crippen LogP contribution in [-0.4, -0.2) is 23.3 Å². The van der Waals surface area contributed by atoms with E-state index in [-0.39, 0.29) is 19.0 Å². The molecule has 0 spiro atoms. The average molecular weight is 189 g/mol. The number of aliphatic hydroxyl groups is 1. The third kappa shape index (κ3) is 2.25. The quantitative estimate of drug-likeness (QED) is 0.733. The Morgan fingerprint density at radius 1 is 1.67 bits per heavy atom. The second-order valence-corrected chi connectivity index (χ2v) is 2.55. The molecule has 0 fully saturated rings. The van der Waals surface area contributed by atoms with Gasteiger partial charge in [-0.25, -0.2) is 4.98 Å². The van der Waals surface area contributed by atoms with Crippen molar-refractivity contribution in [1.82, 2.24) is 4.98 Å². The van der Waals surface area contributed by atoms with Crippen LogP contribution in [0.3, 0.4) is 0 Å². The number of nitrogens with zero attached hydrogens (tertiary/aromatic N) is 1. The van der Waals surface area contributed by atoms with Crippen molar-refractivity contribution in [2.75, 3.05) is 18.9 Å². The number of hydrogen-bond acceptors (Lipinski definition) is 4. The maximum atomic E-state index is 8.47. The number of ether oxygens (including phenoxy) is 1. The van der Waals surface area contributed by atoms with Crippen molar-refractivity contribution in [1.29, 1.82) is 0 Å². The highest BCUT2D eigenvalue weighted by Gasteiger charge is 2.01. The van der Waals surface area contributed by atoms with Gasteiger partial charge in [-0.2, -0.15) is 0 Å². The first-order chi connectivity index (χ1) is 5.74. The molecule has 1 rings (SSSR count). The zero-order chi connectivity index (χ0) is 8.97. The fourth-order valence-electron chi connectivity index (χ4n) is 0.702. The second kappa shape index (κ2) is 4.13. The Bertz CT molecular complexity index is 268. The first kappa shape index (κ1) is 9.09. The molecule has 1 heterocycles. The van der Waals surface area contributed by atoms with Gasteiger partial charge in [-0.3, -0.25) is 0 Å². The third-order valence-corrected chi connectivity index (χ3v) is 1.40. The number of halogens is 1. The Balaban J connectivity index is 2.75. The van der Waals surface area contributed by atoms with Gasteiger partial charge in [-0.1, -0.05) is 11.6 Å². The van der Waals surface area contributed by atoms with Gasteiger partial charge in [0.2, 0.25) is 0 Å². The molecule has 1 aromatic rings. The summed E-state index contributed by atoms with van der Waals surface area (Å²) in [5.74, 6) is 0.671. The summed E-state index contributed by atoms with van der Waals surface area (Å²) in [6, 6.07) is 1.56. The molecule has 0 amide bonds. The summed E-state index contributed by atoms with van der Waals surface area (Å²) < 4.78 is 5.04. The molecule has 4 nitrogen and oxygen atoms in total. The van der Waals surface area contributed by atoms with E-state index in [1.807, 2.05) is 0 Å². The number of nitrogen functional groups attached to an aromatic ring is 1. The molecule has 0 aliphatic heterocycles. The third-order valence-electron chi connectivity index (χ3n) is 1.20. The SMILES string of the molecule is Nc1ncc(Cl)cc1OCCO. The number of anilines is 1. The predicted octanol–water partition coefficient (Wildman–Crippen LogP) is 0.688. The lowest BCUT2D eigenvalue weighted by Gasteiger charge is -2.05. The Kier molecular flexibility index (Phi) is 3.13. The van der Waals surface area contributed by atoms with Crippen LogP contribution in [-0.2, 0) is 0 Å². The van der Waals surface area contributed by atoms with Gasteiger partial charge in [0, 0.05) is 12.3 Å². The van der Waals surface area contributed by atoms with E-state index in [4.69, 9.17) is 27.2 Å². The zero-order valence-electron chi connectivity index (χ0n) is 6.33. The summed E-state index contributed by atoms with van der Waals surface area (Å²) in [7, 11) is 0. The number of nitrogens with two attached hydrogens (primary N) is 1. The zero-order valence-corrected chi connectivity index (χ0v) is 7.08. The topological polar surface area (TPSA) is 68.4 Å². The van der Waals surface area contributed by atoms with Crippen molar-refractivity contribution in [2.45, 2.75) is 0 Å². The van der Waals surface area contributed by atoms with Crippen molar-refractivity contribution in [3.63, 3.8) is 0 Å². The van der Waals surface area contributed by atoms with Crippen LogP contribution in [0.5, 0.6) is 5.75 Å². The van der Waals surface area contributed by atoms with Crippen molar-refractivity contribution in [3.8, 4) is 5.75 Å². The highest BCUT2D eigenvalue weighted by atomic mass is 35.5. The van der Waals surface area contributed by atoms with Crippen LogP contribution in [0.1, 0.15) is 0 Å². The molecule has 1 aromatic heterocycles. The van der Waals surface area contributed by atoms with Gasteiger partial charge in [-0.05, 0) is 0 Å². The number of pyridine rings is 1. The molecule has 5 heteroatoms. The Labute approximate surface area is 74.9 Å². The van der Waals surface area contributed by atoms with Crippen LogP contribution in [0.2, 0.25) is 5.02 Å². The number of rotatable bonds is 3. The van der Waals surface area contributed by atoms with E-state index < -0.39 is 0 Å². The maximum Gasteiger partial charge on any atom is 0.166 e. The lowest BCUT2D eigenvalue weighted by molar-refractivity contribution is 0.201. The van der Waals surface area contributed by atoms with Crippen LogP contribution < -0.4 is 10.5 Å². The average Bonchev–Trinajstić information content (AvgIpc) is 2.07. The number of aliphatic hydroxyl groups excluding tert-OH is 1. The van der Waals surface area contributed by atoms with E-state index >= 15 is 0 Å². The summed E-state index contributed by atoms with van der Waals surface area (Å²) in [4.78, 5) is 3.77. The minimum absolute atomic E-state index is 0.0635. The van der Waals surface area contributed by atoms with Gasteiger partial charge in [0.25, 0.3) is 0 Å².